The second kappa shape index (κ2) is 9.50. The summed E-state index contributed by atoms with van der Waals surface area (Å²) in [5, 5.41) is 3.08. The molecule has 3 aromatic carbocycles. The molecule has 1 aromatic heterocycles. The lowest BCUT2D eigenvalue weighted by molar-refractivity contribution is 0.0935. The largest absolute Gasteiger partial charge is 0.379 e. The van der Waals surface area contributed by atoms with Crippen molar-refractivity contribution in [3.8, 4) is 17.0 Å². The molecule has 1 unspecified atom stereocenters. The van der Waals surface area contributed by atoms with Crippen molar-refractivity contribution in [2.24, 2.45) is 0 Å². The minimum Gasteiger partial charge on any atom is -0.379 e. The second-order valence-electron chi connectivity index (χ2n) is 8.67. The number of carbonyl (C=O) groups excluding carboxylic acids is 1. The van der Waals surface area contributed by atoms with Crippen molar-refractivity contribution in [2.75, 3.05) is 0 Å². The van der Waals surface area contributed by atoms with Gasteiger partial charge >= 0.3 is 10.1 Å². The van der Waals surface area contributed by atoms with Crippen LogP contribution in [-0.4, -0.2) is 24.6 Å². The number of amides is 1. The van der Waals surface area contributed by atoms with Gasteiger partial charge in [-0.3, -0.25) is 4.79 Å². The highest BCUT2D eigenvalue weighted by Crippen LogP contribution is 2.40. The van der Waals surface area contributed by atoms with Gasteiger partial charge in [-0.25, -0.2) is 4.98 Å². The van der Waals surface area contributed by atoms with E-state index in [4.69, 9.17) is 9.17 Å². The van der Waals surface area contributed by atoms with Gasteiger partial charge in [-0.2, -0.15) is 8.42 Å². The fraction of sp³-hybridized carbons (Fsp3) is 0.214. The Labute approximate surface area is 205 Å². The highest BCUT2D eigenvalue weighted by Gasteiger charge is 2.39. The lowest BCUT2D eigenvalue weighted by atomic mass is 10.00. The zero-order valence-corrected chi connectivity index (χ0v) is 20.2. The molecular formula is C28H26N2O4S. The quantitative estimate of drug-likeness (QED) is 0.325. The van der Waals surface area contributed by atoms with E-state index in [2.05, 4.69) is 5.32 Å². The first-order valence-corrected chi connectivity index (χ1v) is 13.2. The molecule has 35 heavy (non-hydrogen) atoms. The molecule has 1 heterocycles. The highest BCUT2D eigenvalue weighted by atomic mass is 32.2. The van der Waals surface area contributed by atoms with E-state index in [1.807, 2.05) is 79.7 Å². The summed E-state index contributed by atoms with van der Waals surface area (Å²) in [5.74, 6) is -0.431. The van der Waals surface area contributed by atoms with E-state index < -0.39 is 21.3 Å². The number of aromatic nitrogens is 1. The van der Waals surface area contributed by atoms with E-state index in [-0.39, 0.29) is 17.4 Å². The zero-order chi connectivity index (χ0) is 24.4. The molecule has 1 saturated carbocycles. The first kappa shape index (κ1) is 23.1. The molecule has 6 nitrogen and oxygen atoms in total. The fourth-order valence-corrected chi connectivity index (χ4v) is 5.41. The van der Waals surface area contributed by atoms with E-state index in [9.17, 15) is 13.2 Å². The Morgan fingerprint density at radius 2 is 1.60 bits per heavy atom. The van der Waals surface area contributed by atoms with Gasteiger partial charge in [0, 0.05) is 10.9 Å². The first-order chi connectivity index (χ1) is 17.0. The highest BCUT2D eigenvalue weighted by molar-refractivity contribution is 7.88. The molecule has 4 aromatic rings. The number of benzene rings is 3. The van der Waals surface area contributed by atoms with Crippen LogP contribution in [0.4, 0.5) is 0 Å². The molecule has 0 radical (unpaired) electrons. The number of para-hydroxylation sites is 1. The molecule has 7 heteroatoms. The van der Waals surface area contributed by atoms with Gasteiger partial charge in [0.15, 0.2) is 5.75 Å². The van der Waals surface area contributed by atoms with Crippen molar-refractivity contribution in [1.29, 1.82) is 0 Å². The van der Waals surface area contributed by atoms with Crippen molar-refractivity contribution in [3.05, 3.63) is 96.1 Å². The summed E-state index contributed by atoms with van der Waals surface area (Å²) in [6, 6.07) is 25.9. The number of pyridine rings is 1. The molecule has 5 rings (SSSR count). The molecular weight excluding hydrogens is 460 g/mol. The SMILES string of the molecule is CCC(NC(=O)c1c(OS(=O)(=O)C2CC2)c(-c2ccccc2)nc2ccccc12)c1ccccc1. The second-order valence-corrected chi connectivity index (χ2v) is 10.5. The van der Waals surface area contributed by atoms with Crippen molar-refractivity contribution < 1.29 is 17.4 Å². The summed E-state index contributed by atoms with van der Waals surface area (Å²) < 4.78 is 31.7. The number of nitrogens with one attached hydrogen (secondary N) is 1. The molecule has 1 fully saturated rings. The predicted octanol–water partition coefficient (Wildman–Crippen LogP) is 5.65. The normalized spacial score (nSPS) is 14.4. The van der Waals surface area contributed by atoms with Crippen LogP contribution in [0, 0.1) is 0 Å². The van der Waals surface area contributed by atoms with Gasteiger partial charge < -0.3 is 9.50 Å². The number of hydrogen-bond donors (Lipinski definition) is 1. The first-order valence-electron chi connectivity index (χ1n) is 11.7. The van der Waals surface area contributed by atoms with E-state index in [0.717, 1.165) is 5.56 Å². The lowest BCUT2D eigenvalue weighted by Gasteiger charge is -2.21. The van der Waals surface area contributed by atoms with Gasteiger partial charge in [0.05, 0.1) is 22.4 Å². The van der Waals surface area contributed by atoms with Crippen molar-refractivity contribution in [2.45, 2.75) is 37.5 Å². The van der Waals surface area contributed by atoms with E-state index in [1.54, 1.807) is 12.1 Å². The minimum absolute atomic E-state index is 0.0257. The molecule has 1 amide bonds. The van der Waals surface area contributed by atoms with Gasteiger partial charge in [0.25, 0.3) is 5.91 Å². The maximum atomic E-state index is 13.9. The Hall–Kier alpha value is -3.71. The zero-order valence-electron chi connectivity index (χ0n) is 19.3. The molecule has 0 spiro atoms. The van der Waals surface area contributed by atoms with Crippen LogP contribution in [0.1, 0.15) is 48.1 Å². The average molecular weight is 487 g/mol. The Morgan fingerprint density at radius 1 is 0.971 bits per heavy atom. The standard InChI is InChI=1S/C28H26N2O4S/c1-2-23(19-11-5-3-6-12-19)30-28(31)25-22-15-9-10-16-24(22)29-26(20-13-7-4-8-14-20)27(25)34-35(32,33)21-17-18-21/h3-16,21,23H,2,17-18H2,1H3,(H,30,31). The van der Waals surface area contributed by atoms with Gasteiger partial charge in [0.1, 0.15) is 5.69 Å². The van der Waals surface area contributed by atoms with Crippen LogP contribution >= 0.6 is 0 Å². The Bertz CT molecular complexity index is 1470. The van der Waals surface area contributed by atoms with E-state index in [1.165, 1.54) is 0 Å². The lowest BCUT2D eigenvalue weighted by Crippen LogP contribution is -2.29. The molecule has 1 aliphatic carbocycles. The summed E-state index contributed by atoms with van der Waals surface area (Å²) in [6.07, 6.45) is 1.77. The van der Waals surface area contributed by atoms with Crippen LogP contribution in [0.5, 0.6) is 5.75 Å². The maximum absolute atomic E-state index is 13.9. The number of rotatable bonds is 8. The van der Waals surface area contributed by atoms with Crippen LogP contribution in [0.25, 0.3) is 22.2 Å². The predicted molar refractivity (Wildman–Crippen MR) is 137 cm³/mol. The van der Waals surface area contributed by atoms with Gasteiger partial charge in [-0.15, -0.1) is 0 Å². The number of nitrogens with zero attached hydrogens (tertiary/aromatic N) is 1. The Kier molecular flexibility index (Phi) is 6.26. The van der Waals surface area contributed by atoms with E-state index in [0.29, 0.717) is 41.4 Å². The number of hydrogen-bond acceptors (Lipinski definition) is 5. The van der Waals surface area contributed by atoms with Crippen LogP contribution in [0.15, 0.2) is 84.9 Å². The van der Waals surface area contributed by atoms with Crippen molar-refractivity contribution in [1.82, 2.24) is 10.3 Å². The molecule has 0 aliphatic heterocycles. The van der Waals surface area contributed by atoms with Crippen molar-refractivity contribution >= 4 is 26.9 Å². The fourth-order valence-electron chi connectivity index (χ4n) is 4.17. The molecule has 1 N–H and O–H groups in total. The summed E-state index contributed by atoms with van der Waals surface area (Å²) in [7, 11) is -3.90. The van der Waals surface area contributed by atoms with Crippen LogP contribution in [-0.2, 0) is 10.1 Å². The van der Waals surface area contributed by atoms with Crippen LogP contribution in [0.2, 0.25) is 0 Å². The third kappa shape index (κ3) is 4.77. The average Bonchev–Trinajstić information content (AvgIpc) is 3.74. The molecule has 0 bridgehead atoms. The Balaban J connectivity index is 1.70. The maximum Gasteiger partial charge on any atom is 0.312 e. The van der Waals surface area contributed by atoms with E-state index >= 15 is 0 Å². The topological polar surface area (TPSA) is 85.4 Å². The molecule has 1 aliphatic rings. The summed E-state index contributed by atoms with van der Waals surface area (Å²) in [4.78, 5) is 18.6. The third-order valence-corrected chi connectivity index (χ3v) is 7.86. The third-order valence-electron chi connectivity index (χ3n) is 6.17. The van der Waals surface area contributed by atoms with Crippen LogP contribution in [0.3, 0.4) is 0 Å². The van der Waals surface area contributed by atoms with Gasteiger partial charge in [-0.1, -0.05) is 85.8 Å². The summed E-state index contributed by atoms with van der Waals surface area (Å²) in [5.41, 5.74) is 2.72. The molecule has 0 saturated heterocycles. The van der Waals surface area contributed by atoms with Crippen LogP contribution < -0.4 is 9.50 Å². The monoisotopic (exact) mass is 486 g/mol. The smallest absolute Gasteiger partial charge is 0.312 e. The van der Waals surface area contributed by atoms with Gasteiger partial charge in [0.2, 0.25) is 0 Å². The van der Waals surface area contributed by atoms with Crippen molar-refractivity contribution in [3.63, 3.8) is 0 Å². The minimum atomic E-state index is -3.90. The summed E-state index contributed by atoms with van der Waals surface area (Å²) in [6.45, 7) is 1.99. The molecule has 178 valence electrons. The van der Waals surface area contributed by atoms with Gasteiger partial charge in [-0.05, 0) is 30.9 Å². The summed E-state index contributed by atoms with van der Waals surface area (Å²) >= 11 is 0. The Morgan fingerprint density at radius 3 is 2.26 bits per heavy atom. The number of fused-ring (bicyclic) bond motifs is 1. The molecule has 1 atom stereocenters. The number of carbonyl (C=O) groups is 1.